The third kappa shape index (κ3) is 5.38. The fourth-order valence-electron chi connectivity index (χ4n) is 2.29. The van der Waals surface area contributed by atoms with Crippen LogP contribution in [0.25, 0.3) is 0 Å². The Morgan fingerprint density at radius 2 is 1.81 bits per heavy atom. The molecule has 26 heavy (non-hydrogen) atoms. The lowest BCUT2D eigenvalue weighted by atomic mass is 10.0. The number of nitrogens with one attached hydrogen (secondary N) is 2. The summed E-state index contributed by atoms with van der Waals surface area (Å²) < 4.78 is 5.10. The van der Waals surface area contributed by atoms with E-state index in [0.29, 0.717) is 12.5 Å². The lowest BCUT2D eigenvalue weighted by Crippen LogP contribution is -2.24. The van der Waals surface area contributed by atoms with Gasteiger partial charge in [0.2, 0.25) is 0 Å². The first-order valence-electron chi connectivity index (χ1n) is 8.41. The molecule has 5 heteroatoms. The van der Waals surface area contributed by atoms with Gasteiger partial charge in [0.1, 0.15) is 17.4 Å². The van der Waals surface area contributed by atoms with Crippen LogP contribution in [0.3, 0.4) is 0 Å². The SMILES string of the molecule is COc1ccc(CNC(=O)/C(C#N)=C\Nc2ccc(C(C)C)cc2)cc1. The van der Waals surface area contributed by atoms with Gasteiger partial charge in [0.25, 0.3) is 5.91 Å². The van der Waals surface area contributed by atoms with Gasteiger partial charge in [-0.2, -0.15) is 5.26 Å². The third-order valence-corrected chi connectivity index (χ3v) is 3.94. The molecule has 0 saturated heterocycles. The zero-order chi connectivity index (χ0) is 18.9. The number of hydrogen-bond acceptors (Lipinski definition) is 4. The lowest BCUT2D eigenvalue weighted by molar-refractivity contribution is -0.117. The number of ether oxygens (including phenoxy) is 1. The number of anilines is 1. The summed E-state index contributed by atoms with van der Waals surface area (Å²) in [4.78, 5) is 12.2. The van der Waals surface area contributed by atoms with Crippen molar-refractivity contribution in [1.29, 1.82) is 5.26 Å². The first-order valence-corrected chi connectivity index (χ1v) is 8.41. The molecule has 0 radical (unpaired) electrons. The topological polar surface area (TPSA) is 74.1 Å². The number of nitrogens with zero attached hydrogens (tertiary/aromatic N) is 1. The van der Waals surface area contributed by atoms with E-state index < -0.39 is 5.91 Å². The summed E-state index contributed by atoms with van der Waals surface area (Å²) in [5.74, 6) is 0.790. The Bertz CT molecular complexity index is 801. The average molecular weight is 349 g/mol. The van der Waals surface area contributed by atoms with Crippen molar-refractivity contribution in [3.8, 4) is 11.8 Å². The molecule has 2 N–H and O–H groups in total. The van der Waals surface area contributed by atoms with Gasteiger partial charge in [-0.25, -0.2) is 0 Å². The molecule has 134 valence electrons. The standard InChI is InChI=1S/C21H23N3O2/c1-15(2)17-6-8-19(9-7-17)23-14-18(12-22)21(25)24-13-16-4-10-20(26-3)11-5-16/h4-11,14-15,23H,13H2,1-3H3,(H,24,25)/b18-14-. The maximum absolute atomic E-state index is 12.2. The number of carbonyl (C=O) groups is 1. The van der Waals surface area contributed by atoms with Crippen molar-refractivity contribution in [2.45, 2.75) is 26.3 Å². The van der Waals surface area contributed by atoms with Gasteiger partial charge in [-0.3, -0.25) is 4.79 Å². The summed E-state index contributed by atoms with van der Waals surface area (Å²) in [7, 11) is 1.60. The molecule has 0 unspecified atom stereocenters. The van der Waals surface area contributed by atoms with Crippen LogP contribution in [0.4, 0.5) is 5.69 Å². The molecule has 0 aromatic heterocycles. The van der Waals surface area contributed by atoms with E-state index in [2.05, 4.69) is 24.5 Å². The number of hydrogen-bond donors (Lipinski definition) is 2. The number of benzene rings is 2. The van der Waals surface area contributed by atoms with Crippen LogP contribution >= 0.6 is 0 Å². The predicted octanol–water partition coefficient (Wildman–Crippen LogP) is 3.95. The summed E-state index contributed by atoms with van der Waals surface area (Å²) in [6.45, 7) is 4.59. The Hall–Kier alpha value is -3.26. The van der Waals surface area contributed by atoms with Gasteiger partial charge < -0.3 is 15.4 Å². The summed E-state index contributed by atoms with van der Waals surface area (Å²) in [5.41, 5.74) is 3.00. The van der Waals surface area contributed by atoms with Crippen molar-refractivity contribution >= 4 is 11.6 Å². The van der Waals surface area contributed by atoms with Crippen LogP contribution < -0.4 is 15.4 Å². The summed E-state index contributed by atoms with van der Waals surface area (Å²) in [6.07, 6.45) is 1.42. The molecule has 2 rings (SSSR count). The number of nitriles is 1. The second-order valence-electron chi connectivity index (χ2n) is 6.12. The van der Waals surface area contributed by atoms with Gasteiger partial charge in [0.15, 0.2) is 0 Å². The van der Waals surface area contributed by atoms with E-state index in [4.69, 9.17) is 4.74 Å². The van der Waals surface area contributed by atoms with E-state index in [1.165, 1.54) is 11.8 Å². The van der Waals surface area contributed by atoms with Gasteiger partial charge in [0.05, 0.1) is 7.11 Å². The second kappa shape index (κ2) is 9.28. The predicted molar refractivity (Wildman–Crippen MR) is 103 cm³/mol. The summed E-state index contributed by atoms with van der Waals surface area (Å²) >= 11 is 0. The van der Waals surface area contributed by atoms with E-state index in [-0.39, 0.29) is 5.57 Å². The van der Waals surface area contributed by atoms with E-state index >= 15 is 0 Å². The Balaban J connectivity index is 1.94. The van der Waals surface area contributed by atoms with Crippen molar-refractivity contribution in [2.24, 2.45) is 0 Å². The maximum atomic E-state index is 12.2. The quantitative estimate of drug-likeness (QED) is 0.586. The third-order valence-electron chi connectivity index (χ3n) is 3.94. The normalized spacial score (nSPS) is 11.0. The molecular formula is C21H23N3O2. The van der Waals surface area contributed by atoms with Crippen LogP contribution in [0.15, 0.2) is 60.3 Å². The van der Waals surface area contributed by atoms with Crippen molar-refractivity contribution in [2.75, 3.05) is 12.4 Å². The smallest absolute Gasteiger partial charge is 0.263 e. The molecule has 0 aliphatic carbocycles. The summed E-state index contributed by atoms with van der Waals surface area (Å²) in [5, 5.41) is 15.0. The minimum Gasteiger partial charge on any atom is -0.497 e. The second-order valence-corrected chi connectivity index (χ2v) is 6.12. The molecule has 0 spiro atoms. The molecular weight excluding hydrogens is 326 g/mol. The Morgan fingerprint density at radius 1 is 1.15 bits per heavy atom. The molecule has 0 atom stereocenters. The van der Waals surface area contributed by atoms with Crippen molar-refractivity contribution in [1.82, 2.24) is 5.32 Å². The molecule has 2 aromatic rings. The van der Waals surface area contributed by atoms with E-state index in [9.17, 15) is 10.1 Å². The molecule has 5 nitrogen and oxygen atoms in total. The molecule has 0 heterocycles. The Morgan fingerprint density at radius 3 is 2.35 bits per heavy atom. The number of rotatable bonds is 7. The monoisotopic (exact) mass is 349 g/mol. The number of carbonyl (C=O) groups excluding carboxylic acids is 1. The van der Waals surface area contributed by atoms with Crippen LogP contribution in [-0.4, -0.2) is 13.0 Å². The minimum atomic E-state index is -0.422. The highest BCUT2D eigenvalue weighted by Gasteiger charge is 2.08. The van der Waals surface area contributed by atoms with Crippen LogP contribution in [0.1, 0.15) is 30.9 Å². The molecule has 1 amide bonds. The van der Waals surface area contributed by atoms with Crippen molar-refractivity contribution < 1.29 is 9.53 Å². The van der Waals surface area contributed by atoms with Crippen LogP contribution in [0, 0.1) is 11.3 Å². The fourth-order valence-corrected chi connectivity index (χ4v) is 2.29. The van der Waals surface area contributed by atoms with Crippen molar-refractivity contribution in [3.05, 3.63) is 71.4 Å². The van der Waals surface area contributed by atoms with Gasteiger partial charge in [0, 0.05) is 18.4 Å². The maximum Gasteiger partial charge on any atom is 0.263 e. The average Bonchev–Trinajstić information content (AvgIpc) is 2.67. The minimum absolute atomic E-state index is 0.0199. The number of methoxy groups -OCH3 is 1. The molecule has 0 aliphatic rings. The number of amides is 1. The highest BCUT2D eigenvalue weighted by atomic mass is 16.5. The summed E-state index contributed by atoms with van der Waals surface area (Å²) in [6, 6.07) is 17.2. The van der Waals surface area contributed by atoms with Gasteiger partial charge in [-0.15, -0.1) is 0 Å². The largest absolute Gasteiger partial charge is 0.497 e. The van der Waals surface area contributed by atoms with Crippen LogP contribution in [-0.2, 0) is 11.3 Å². The Labute approximate surface area is 154 Å². The first-order chi connectivity index (χ1) is 12.5. The zero-order valence-electron chi connectivity index (χ0n) is 15.2. The molecule has 0 bridgehead atoms. The van der Waals surface area contributed by atoms with E-state index in [1.807, 2.05) is 54.6 Å². The molecule has 2 aromatic carbocycles. The van der Waals surface area contributed by atoms with Gasteiger partial charge in [-0.05, 0) is 41.3 Å². The van der Waals surface area contributed by atoms with E-state index in [0.717, 1.165) is 17.0 Å². The van der Waals surface area contributed by atoms with Crippen molar-refractivity contribution in [3.63, 3.8) is 0 Å². The molecule has 0 aliphatic heterocycles. The fraction of sp³-hybridized carbons (Fsp3) is 0.238. The lowest BCUT2D eigenvalue weighted by Gasteiger charge is -2.08. The Kier molecular flexibility index (Phi) is 6.81. The van der Waals surface area contributed by atoms with E-state index in [1.54, 1.807) is 7.11 Å². The van der Waals surface area contributed by atoms with Gasteiger partial charge in [-0.1, -0.05) is 38.1 Å². The zero-order valence-corrected chi connectivity index (χ0v) is 15.2. The molecule has 0 saturated carbocycles. The van der Waals surface area contributed by atoms with Crippen LogP contribution in [0.5, 0.6) is 5.75 Å². The van der Waals surface area contributed by atoms with Gasteiger partial charge >= 0.3 is 0 Å². The molecule has 0 fully saturated rings. The highest BCUT2D eigenvalue weighted by molar-refractivity contribution is 5.97. The highest BCUT2D eigenvalue weighted by Crippen LogP contribution is 2.17. The van der Waals surface area contributed by atoms with Crippen LogP contribution in [0.2, 0.25) is 0 Å². The first kappa shape index (κ1) is 19.1.